The molecule has 0 aromatic heterocycles. The third-order valence-electron chi connectivity index (χ3n) is 1.97. The molecule has 1 rings (SSSR count). The second-order valence-electron chi connectivity index (χ2n) is 3.38. The molecule has 0 saturated carbocycles. The smallest absolute Gasteiger partial charge is 0.389 e. The van der Waals surface area contributed by atoms with Gasteiger partial charge in [-0.3, -0.25) is 0 Å². The third-order valence-corrected chi connectivity index (χ3v) is 2.46. The van der Waals surface area contributed by atoms with E-state index in [4.69, 9.17) is 5.73 Å². The summed E-state index contributed by atoms with van der Waals surface area (Å²) in [5.41, 5.74) is 6.85. The van der Waals surface area contributed by atoms with E-state index in [-0.39, 0.29) is 13.0 Å². The summed E-state index contributed by atoms with van der Waals surface area (Å²) in [4.78, 5) is 0. The van der Waals surface area contributed by atoms with Crippen LogP contribution >= 0.6 is 15.9 Å². The Hall–Kier alpha value is -0.910. The third kappa shape index (κ3) is 4.74. The normalized spacial score (nSPS) is 11.5. The molecule has 0 amide bonds. The highest BCUT2D eigenvalue weighted by Crippen LogP contribution is 2.24. The molecule has 6 heteroatoms. The van der Waals surface area contributed by atoms with E-state index < -0.39 is 12.6 Å². The molecule has 0 fully saturated rings. The molecule has 0 heterocycles. The average Bonchev–Trinajstić information content (AvgIpc) is 2.13. The predicted octanol–water partition coefficient (Wildman–Crippen LogP) is 3.79. The van der Waals surface area contributed by atoms with E-state index >= 15 is 0 Å². The lowest BCUT2D eigenvalue weighted by Crippen LogP contribution is -2.11. The van der Waals surface area contributed by atoms with Gasteiger partial charge < -0.3 is 11.1 Å². The van der Waals surface area contributed by atoms with Crippen LogP contribution in [0.3, 0.4) is 0 Å². The molecule has 90 valence electrons. The molecule has 2 nitrogen and oxygen atoms in total. The predicted molar refractivity (Wildman–Crippen MR) is 62.3 cm³/mol. The number of anilines is 2. The molecule has 0 aliphatic heterocycles. The maximum absolute atomic E-state index is 11.9. The van der Waals surface area contributed by atoms with Gasteiger partial charge in [0.25, 0.3) is 0 Å². The van der Waals surface area contributed by atoms with Crippen LogP contribution in [0.4, 0.5) is 24.5 Å². The second kappa shape index (κ2) is 5.43. The van der Waals surface area contributed by atoms with Gasteiger partial charge in [-0.15, -0.1) is 0 Å². The molecule has 16 heavy (non-hydrogen) atoms. The zero-order valence-corrected chi connectivity index (χ0v) is 10.0. The van der Waals surface area contributed by atoms with Gasteiger partial charge in [0.15, 0.2) is 0 Å². The van der Waals surface area contributed by atoms with Crippen LogP contribution in [0, 0.1) is 0 Å². The minimum atomic E-state index is -4.09. The summed E-state index contributed by atoms with van der Waals surface area (Å²) in [5.74, 6) is 0. The van der Waals surface area contributed by atoms with Crippen molar-refractivity contribution in [2.24, 2.45) is 0 Å². The van der Waals surface area contributed by atoms with Gasteiger partial charge in [-0.05, 0) is 24.6 Å². The van der Waals surface area contributed by atoms with Gasteiger partial charge in [-0.1, -0.05) is 15.9 Å². The van der Waals surface area contributed by atoms with Crippen LogP contribution in [0.5, 0.6) is 0 Å². The second-order valence-corrected chi connectivity index (χ2v) is 4.29. The maximum atomic E-state index is 11.9. The minimum Gasteiger partial charge on any atom is -0.397 e. The molecular formula is C10H12BrF3N2. The maximum Gasteiger partial charge on any atom is 0.389 e. The number of nitrogens with two attached hydrogens (primary N) is 1. The molecule has 3 N–H and O–H groups in total. The Morgan fingerprint density at radius 1 is 1.31 bits per heavy atom. The van der Waals surface area contributed by atoms with E-state index in [1.165, 1.54) is 0 Å². The Morgan fingerprint density at radius 3 is 2.56 bits per heavy atom. The van der Waals surface area contributed by atoms with Crippen molar-refractivity contribution in [3.8, 4) is 0 Å². The zero-order chi connectivity index (χ0) is 12.2. The van der Waals surface area contributed by atoms with Crippen LogP contribution in [0.15, 0.2) is 22.7 Å². The summed E-state index contributed by atoms with van der Waals surface area (Å²) in [6.45, 7) is 0.255. The number of nitrogen functional groups attached to an aromatic ring is 1. The summed E-state index contributed by atoms with van der Waals surface area (Å²) >= 11 is 3.25. The Labute approximate surface area is 100 Å². The number of benzene rings is 1. The van der Waals surface area contributed by atoms with Crippen molar-refractivity contribution in [3.63, 3.8) is 0 Å². The number of hydrogen-bond acceptors (Lipinski definition) is 2. The van der Waals surface area contributed by atoms with Crippen LogP contribution < -0.4 is 11.1 Å². The summed E-state index contributed by atoms with van der Waals surface area (Å²) in [6, 6.07) is 5.21. The lowest BCUT2D eigenvalue weighted by Gasteiger charge is -2.10. The molecule has 0 unspecified atom stereocenters. The highest BCUT2D eigenvalue weighted by Gasteiger charge is 2.25. The highest BCUT2D eigenvalue weighted by atomic mass is 79.9. The Morgan fingerprint density at radius 2 is 2.00 bits per heavy atom. The lowest BCUT2D eigenvalue weighted by atomic mass is 10.2. The first-order chi connectivity index (χ1) is 7.38. The van der Waals surface area contributed by atoms with Gasteiger partial charge in [0.2, 0.25) is 0 Å². The molecule has 0 bridgehead atoms. The number of nitrogens with one attached hydrogen (secondary N) is 1. The van der Waals surface area contributed by atoms with Crippen LogP contribution in [0.1, 0.15) is 12.8 Å². The molecular weight excluding hydrogens is 285 g/mol. The quantitative estimate of drug-likeness (QED) is 0.655. The van der Waals surface area contributed by atoms with Crippen molar-refractivity contribution >= 4 is 27.3 Å². The fourth-order valence-corrected chi connectivity index (χ4v) is 1.59. The van der Waals surface area contributed by atoms with Crippen LogP contribution in [-0.2, 0) is 0 Å². The van der Waals surface area contributed by atoms with Gasteiger partial charge in [-0.25, -0.2) is 0 Å². The summed E-state index contributed by atoms with van der Waals surface area (Å²) in [7, 11) is 0. The molecule has 0 aliphatic rings. The van der Waals surface area contributed by atoms with Crippen molar-refractivity contribution in [2.45, 2.75) is 19.0 Å². The van der Waals surface area contributed by atoms with Crippen molar-refractivity contribution in [3.05, 3.63) is 22.7 Å². The number of hydrogen-bond donors (Lipinski definition) is 2. The van der Waals surface area contributed by atoms with Crippen molar-refractivity contribution in [1.82, 2.24) is 0 Å². The molecule has 0 spiro atoms. The largest absolute Gasteiger partial charge is 0.397 e. The van der Waals surface area contributed by atoms with Gasteiger partial charge in [0.05, 0.1) is 11.4 Å². The van der Waals surface area contributed by atoms with E-state index in [0.29, 0.717) is 11.4 Å². The molecule has 0 aliphatic carbocycles. The first-order valence-electron chi connectivity index (χ1n) is 4.74. The first-order valence-corrected chi connectivity index (χ1v) is 5.53. The van der Waals surface area contributed by atoms with E-state index in [1.807, 2.05) is 0 Å². The average molecular weight is 297 g/mol. The highest BCUT2D eigenvalue weighted by molar-refractivity contribution is 9.10. The molecule has 0 saturated heterocycles. The van der Waals surface area contributed by atoms with Crippen LogP contribution in [0.2, 0.25) is 0 Å². The van der Waals surface area contributed by atoms with Gasteiger partial charge in [0.1, 0.15) is 0 Å². The number of rotatable bonds is 4. The lowest BCUT2D eigenvalue weighted by molar-refractivity contribution is -0.134. The minimum absolute atomic E-state index is 0.0407. The van der Waals surface area contributed by atoms with Crippen molar-refractivity contribution < 1.29 is 13.2 Å². The van der Waals surface area contributed by atoms with E-state index in [1.54, 1.807) is 18.2 Å². The Balaban J connectivity index is 2.38. The van der Waals surface area contributed by atoms with E-state index in [0.717, 1.165) is 4.47 Å². The summed E-state index contributed by atoms with van der Waals surface area (Å²) < 4.78 is 36.4. The SMILES string of the molecule is Nc1cc(Br)ccc1NCCCC(F)(F)F. The molecule has 1 aromatic rings. The molecule has 1 aromatic carbocycles. The van der Waals surface area contributed by atoms with E-state index in [9.17, 15) is 13.2 Å². The van der Waals surface area contributed by atoms with E-state index in [2.05, 4.69) is 21.2 Å². The first kappa shape index (κ1) is 13.2. The standard InChI is InChI=1S/C10H12BrF3N2/c11-7-2-3-9(8(15)6-7)16-5-1-4-10(12,13)14/h2-3,6,16H,1,4-5,15H2. The topological polar surface area (TPSA) is 38.0 Å². The monoisotopic (exact) mass is 296 g/mol. The Kier molecular flexibility index (Phi) is 4.46. The molecule has 0 atom stereocenters. The van der Waals surface area contributed by atoms with Gasteiger partial charge in [0, 0.05) is 17.4 Å². The number of alkyl halides is 3. The fourth-order valence-electron chi connectivity index (χ4n) is 1.21. The van der Waals surface area contributed by atoms with Crippen LogP contribution in [-0.4, -0.2) is 12.7 Å². The van der Waals surface area contributed by atoms with Crippen molar-refractivity contribution in [2.75, 3.05) is 17.6 Å². The zero-order valence-electron chi connectivity index (χ0n) is 8.44. The fraction of sp³-hybridized carbons (Fsp3) is 0.400. The summed E-state index contributed by atoms with van der Waals surface area (Å²) in [5, 5.41) is 2.87. The summed E-state index contributed by atoms with van der Waals surface area (Å²) in [6.07, 6.45) is -4.83. The van der Waals surface area contributed by atoms with Gasteiger partial charge >= 0.3 is 6.18 Å². The van der Waals surface area contributed by atoms with Crippen molar-refractivity contribution in [1.29, 1.82) is 0 Å². The van der Waals surface area contributed by atoms with Gasteiger partial charge in [-0.2, -0.15) is 13.2 Å². The molecule has 0 radical (unpaired) electrons. The van der Waals surface area contributed by atoms with Crippen LogP contribution in [0.25, 0.3) is 0 Å². The number of halogens is 4. The Bertz CT molecular complexity index is 352.